The molecule has 1 atom stereocenters. The smallest absolute Gasteiger partial charge is 0.326 e. The molecule has 4 aromatic carbocycles. The number of ether oxygens (including phenoxy) is 1. The first kappa shape index (κ1) is 76.9. The van der Waals surface area contributed by atoms with Gasteiger partial charge in [0.2, 0.25) is 21.6 Å². The Morgan fingerprint density at radius 2 is 1.32 bits per heavy atom. The van der Waals surface area contributed by atoms with E-state index in [0.29, 0.717) is 101 Å². The maximum Gasteiger partial charge on any atom is 0.326 e. The molecule has 8 rings (SSSR count). The number of amides is 1. The second-order valence-electron chi connectivity index (χ2n) is 25.7. The van der Waals surface area contributed by atoms with Crippen molar-refractivity contribution in [3.8, 4) is 5.75 Å². The van der Waals surface area contributed by atoms with Crippen LogP contribution in [0.4, 0.5) is 30.2 Å². The summed E-state index contributed by atoms with van der Waals surface area (Å²) >= 11 is 0. The Balaban J connectivity index is 1.13. The summed E-state index contributed by atoms with van der Waals surface area (Å²) in [5.74, 6) is -11.4. The maximum atomic E-state index is 16.1. The second kappa shape index (κ2) is 30.1. The van der Waals surface area contributed by atoms with Crippen molar-refractivity contribution < 1.29 is 106 Å². The van der Waals surface area contributed by atoms with E-state index in [1.807, 2.05) is 37.2 Å². The maximum absolute atomic E-state index is 16.1. The number of fused-ring (bicyclic) bond motifs is 2. The molecular formula is C64H78F3N5O20S6. The molecule has 0 saturated heterocycles. The molecule has 34 heteroatoms. The summed E-state index contributed by atoms with van der Waals surface area (Å²) in [4.78, 5) is 23.8. The summed E-state index contributed by atoms with van der Waals surface area (Å²) in [7, 11) is -28.7. The number of benzene rings is 4. The minimum Gasteiger partial charge on any atom is -0.748 e. The summed E-state index contributed by atoms with van der Waals surface area (Å²) in [5, 5.41) is 20.2. The van der Waals surface area contributed by atoms with Crippen LogP contribution in [-0.2, 0) is 87.2 Å². The number of carboxylic acids is 1. The lowest BCUT2D eigenvalue weighted by atomic mass is 9.81. The van der Waals surface area contributed by atoms with Gasteiger partial charge in [0, 0.05) is 72.1 Å². The van der Waals surface area contributed by atoms with Gasteiger partial charge in [-0.1, -0.05) is 64.2 Å². The predicted octanol–water partition coefficient (Wildman–Crippen LogP) is 8.80. The molecule has 8 N–H and O–H groups in total. The number of primary sulfonamides is 1. The number of nitrogens with two attached hydrogens (primary N) is 1. The van der Waals surface area contributed by atoms with Crippen LogP contribution in [0.2, 0.25) is 0 Å². The Labute approximate surface area is 568 Å². The van der Waals surface area contributed by atoms with E-state index in [2.05, 4.69) is 10.6 Å². The van der Waals surface area contributed by atoms with Crippen LogP contribution in [0.1, 0.15) is 141 Å². The van der Waals surface area contributed by atoms with Gasteiger partial charge >= 0.3 is 5.97 Å². The number of sulfonamides is 1. The summed E-state index contributed by atoms with van der Waals surface area (Å²) in [6.45, 7) is 7.64. The minimum absolute atomic E-state index is 0.00403. The van der Waals surface area contributed by atoms with Crippen LogP contribution in [0.5, 0.6) is 5.75 Å². The third-order valence-electron chi connectivity index (χ3n) is 17.8. The molecule has 98 heavy (non-hydrogen) atoms. The Morgan fingerprint density at radius 1 is 0.714 bits per heavy atom. The van der Waals surface area contributed by atoms with E-state index in [9.17, 15) is 83.4 Å². The van der Waals surface area contributed by atoms with E-state index < -0.39 is 158 Å². The highest BCUT2D eigenvalue weighted by Gasteiger charge is 2.46. The summed E-state index contributed by atoms with van der Waals surface area (Å²) in [5.41, 5.74) is 1.67. The van der Waals surface area contributed by atoms with Crippen LogP contribution in [0, 0.1) is 17.5 Å². The van der Waals surface area contributed by atoms with Gasteiger partial charge in [-0.15, -0.1) is 0 Å². The monoisotopic (exact) mass is 1490 g/mol. The average Bonchev–Trinajstić information content (AvgIpc) is 1.58. The Bertz CT molecular complexity index is 4680. The van der Waals surface area contributed by atoms with Gasteiger partial charge in [-0.3, -0.25) is 18.5 Å². The third-order valence-corrected chi connectivity index (χ3v) is 23.8. The molecule has 536 valence electrons. The number of carbonyl (C=O) groups excluding carboxylic acids is 1. The van der Waals surface area contributed by atoms with Gasteiger partial charge < -0.3 is 29.9 Å². The average molecular weight is 1490 g/mol. The summed E-state index contributed by atoms with van der Waals surface area (Å²) < 4.78 is 246. The van der Waals surface area contributed by atoms with Crippen molar-refractivity contribution in [1.82, 2.24) is 5.32 Å². The van der Waals surface area contributed by atoms with Gasteiger partial charge in [-0.05, 0) is 142 Å². The van der Waals surface area contributed by atoms with E-state index in [1.54, 1.807) is 24.3 Å². The quantitative estimate of drug-likeness (QED) is 0.0121. The number of nitrogens with zero attached hydrogens (tertiary/aromatic N) is 2. The van der Waals surface area contributed by atoms with Crippen molar-refractivity contribution >= 4 is 95.0 Å². The second-order valence-corrected chi connectivity index (χ2v) is 35.2. The van der Waals surface area contributed by atoms with Gasteiger partial charge in [-0.2, -0.15) is 29.8 Å². The Kier molecular flexibility index (Phi) is 23.7. The first-order chi connectivity index (χ1) is 45.5. The fourth-order valence-electron chi connectivity index (χ4n) is 12.9. The molecule has 4 aliphatic rings. The lowest BCUT2D eigenvalue weighted by Crippen LogP contribution is -2.42. The molecule has 0 radical (unpaired) electrons. The van der Waals surface area contributed by atoms with Crippen molar-refractivity contribution in [3.63, 3.8) is 0 Å². The van der Waals surface area contributed by atoms with Crippen LogP contribution < -0.4 is 25.4 Å². The molecule has 4 aromatic rings. The lowest BCUT2D eigenvalue weighted by molar-refractivity contribution is -0.438. The number of rotatable bonds is 28. The van der Waals surface area contributed by atoms with Gasteiger partial charge in [0.25, 0.3) is 30.4 Å². The van der Waals surface area contributed by atoms with Gasteiger partial charge in [-0.25, -0.2) is 48.4 Å². The standard InChI is InChI=1S/C64H78F3N5O20S6/c1-63(2)47-38-45(97(86,87)88)25-27-50(47)71(32-10-12-34-94(78,79)80)52(63)29-21-41-15-14-16-42(22-30-53-64(3,4)48-39-46(98(89,90)91)26-28-51(48)72(53)33-11-13-35-95(81,82)83)59(41)92-44-23-19-40(20-24-44)37-49(62(74)75)70-54(73)31-36-93(76,77)61-56(66)55(65)60(96(68,84)85)57(67)58(61)69-43-17-8-6-5-7-9-18-43/h19-30,38-39,43,49,69H,5-18,31-37H2,1-4H3,(H7-,68,70,73,74,75,78,79,80,81,82,83,84,85,86,87,88,89,90,91)/t49-/m0/s1. The molecule has 2 aliphatic heterocycles. The van der Waals surface area contributed by atoms with Crippen LogP contribution in [-0.4, -0.2) is 138 Å². The number of aliphatic carboxylic acids is 1. The van der Waals surface area contributed by atoms with Crippen molar-refractivity contribution in [2.75, 3.05) is 40.6 Å². The zero-order valence-corrected chi connectivity index (χ0v) is 58.9. The molecule has 2 aliphatic carbocycles. The molecule has 1 amide bonds. The molecule has 0 bridgehead atoms. The number of halogens is 3. The fraction of sp³-hybridized carbons (Fsp3) is 0.453. The zero-order valence-electron chi connectivity index (χ0n) is 54.0. The van der Waals surface area contributed by atoms with Crippen molar-refractivity contribution in [2.45, 2.75) is 173 Å². The van der Waals surface area contributed by atoms with Gasteiger partial charge in [0.05, 0.1) is 42.5 Å². The van der Waals surface area contributed by atoms with Crippen LogP contribution in [0.25, 0.3) is 0 Å². The summed E-state index contributed by atoms with van der Waals surface area (Å²) in [6.07, 6.45) is 11.8. The molecule has 0 unspecified atom stereocenters. The van der Waals surface area contributed by atoms with E-state index in [4.69, 9.17) is 9.88 Å². The van der Waals surface area contributed by atoms with E-state index >= 15 is 13.2 Å². The zero-order chi connectivity index (χ0) is 72.3. The number of nitrogens with one attached hydrogen (secondary N) is 2. The van der Waals surface area contributed by atoms with Crippen LogP contribution >= 0.6 is 0 Å². The first-order valence-electron chi connectivity index (χ1n) is 31.4. The molecule has 1 saturated carbocycles. The number of sulfone groups is 1. The summed E-state index contributed by atoms with van der Waals surface area (Å²) in [6, 6.07) is 11.7. The third kappa shape index (κ3) is 18.6. The number of unbranched alkanes of at least 4 members (excludes halogenated alkanes) is 2. The number of hydrogen-bond donors (Lipinski definition) is 7. The number of anilines is 2. The van der Waals surface area contributed by atoms with Crippen LogP contribution in [0.3, 0.4) is 0 Å². The highest BCUT2D eigenvalue weighted by molar-refractivity contribution is 7.91. The number of allylic oxidation sites excluding steroid dienone is 7. The topological polar surface area (TPSA) is 409 Å². The Hall–Kier alpha value is -6.86. The largest absolute Gasteiger partial charge is 0.748 e. The van der Waals surface area contributed by atoms with Crippen LogP contribution in [0.15, 0.2) is 127 Å². The number of carbonyl (C=O) groups is 2. The van der Waals surface area contributed by atoms with Gasteiger partial charge in [0.15, 0.2) is 37.9 Å². The lowest BCUT2D eigenvalue weighted by Gasteiger charge is -2.28. The molecule has 1 fully saturated rings. The molecule has 2 heterocycles. The van der Waals surface area contributed by atoms with E-state index in [1.165, 1.54) is 60.7 Å². The Morgan fingerprint density at radius 3 is 1.92 bits per heavy atom. The van der Waals surface area contributed by atoms with E-state index in [0.717, 1.165) is 19.3 Å². The SMILES string of the molecule is CC1(C)C(/C=C/C2=C(Oc3ccc(C[C@H](NC(=O)CCS(=O)(=O)c4c(F)c(F)c(S(N)(=O)=O)c(F)c4NC4CCCCCCC4)C(=O)O)cc3)C(=C/C=C3/N(CCCCS(=O)(=O)[O-])c4ccc(S(=O)(=O)O)cc4C3(C)C)/CCC2)=[N+](CCCCS(=O)(=O)O)c2ccc(S(=O)(=O)O)cc21. The first-order valence-corrected chi connectivity index (χ1v) is 40.7. The van der Waals surface area contributed by atoms with Gasteiger partial charge in [0.1, 0.15) is 29.0 Å². The fourth-order valence-corrected chi connectivity index (χ4v) is 17.2. The van der Waals surface area contributed by atoms with E-state index in [-0.39, 0.29) is 54.3 Å². The molecule has 0 aromatic heterocycles. The normalized spacial score (nSPS) is 18.4. The molecule has 0 spiro atoms. The van der Waals surface area contributed by atoms with Crippen molar-refractivity contribution in [3.05, 3.63) is 142 Å². The minimum atomic E-state index is -5.30. The van der Waals surface area contributed by atoms with Crippen molar-refractivity contribution in [1.29, 1.82) is 0 Å². The molecule has 25 nitrogen and oxygen atoms in total. The highest BCUT2D eigenvalue weighted by Crippen LogP contribution is 2.49. The van der Waals surface area contributed by atoms with Crippen molar-refractivity contribution in [2.24, 2.45) is 5.14 Å². The number of carboxylic acid groups (broad SMARTS) is 1. The predicted molar refractivity (Wildman–Crippen MR) is 356 cm³/mol. The molecular weight excluding hydrogens is 1410 g/mol. The number of hydrogen-bond acceptors (Lipinski definition) is 18. The highest BCUT2D eigenvalue weighted by atomic mass is 32.2.